The lowest BCUT2D eigenvalue weighted by Crippen LogP contribution is -2.14. The average molecular weight is 490 g/mol. The Morgan fingerprint density at radius 3 is 2.72 bits per heavy atom. The smallest absolute Gasteiger partial charge is 0.271 e. The maximum atomic E-state index is 12.2. The summed E-state index contributed by atoms with van der Waals surface area (Å²) in [5.74, 6) is 0.555. The zero-order chi connectivity index (χ0) is 18.1. The van der Waals surface area contributed by atoms with Gasteiger partial charge in [-0.05, 0) is 34.1 Å². The molecule has 0 aliphatic rings. The average Bonchev–Trinajstić information content (AvgIpc) is 2.54. The van der Waals surface area contributed by atoms with Crippen LogP contribution in [0.4, 0.5) is 5.69 Å². The van der Waals surface area contributed by atoms with Gasteiger partial charge in [0.1, 0.15) is 18.2 Å². The molecule has 128 valence electrons. The molecule has 1 aromatic heterocycles. The van der Waals surface area contributed by atoms with Gasteiger partial charge >= 0.3 is 0 Å². The predicted octanol–water partition coefficient (Wildman–Crippen LogP) is 4.59. The van der Waals surface area contributed by atoms with Crippen LogP contribution in [0.15, 0.2) is 44.1 Å². The van der Waals surface area contributed by atoms with Gasteiger partial charge in [0, 0.05) is 21.1 Å². The third-order valence-corrected chi connectivity index (χ3v) is 4.63. The van der Waals surface area contributed by atoms with Crippen molar-refractivity contribution in [2.24, 2.45) is 0 Å². The number of halogens is 3. The number of aromatic nitrogens is 2. The number of hydrogen-bond acceptors (Lipinski definition) is 5. The molecule has 0 aliphatic carbocycles. The fourth-order valence-electron chi connectivity index (χ4n) is 2.15. The third kappa shape index (κ3) is 3.83. The minimum Gasteiger partial charge on any atom is -0.484 e. The van der Waals surface area contributed by atoms with Gasteiger partial charge in [0.2, 0.25) is 0 Å². The molecular formula is C15H8Br2ClN3O4. The van der Waals surface area contributed by atoms with Crippen molar-refractivity contribution >= 4 is 60.1 Å². The molecule has 7 nitrogen and oxygen atoms in total. The number of benzene rings is 2. The Morgan fingerprint density at radius 2 is 2.04 bits per heavy atom. The minimum atomic E-state index is -0.548. The van der Waals surface area contributed by atoms with Crippen molar-refractivity contribution in [3.05, 3.63) is 70.6 Å². The topological polar surface area (TPSA) is 98.1 Å². The van der Waals surface area contributed by atoms with E-state index in [1.54, 1.807) is 12.1 Å². The summed E-state index contributed by atoms with van der Waals surface area (Å²) in [6, 6.07) is 7.33. The first-order valence-electron chi connectivity index (χ1n) is 6.80. The summed E-state index contributed by atoms with van der Waals surface area (Å²) in [4.78, 5) is 29.4. The summed E-state index contributed by atoms with van der Waals surface area (Å²) in [5.41, 5.74) is 0.0600. The van der Waals surface area contributed by atoms with Crippen LogP contribution in [0.2, 0.25) is 5.02 Å². The van der Waals surface area contributed by atoms with Crippen molar-refractivity contribution in [1.29, 1.82) is 0 Å². The first-order chi connectivity index (χ1) is 11.8. The second-order valence-corrected chi connectivity index (χ2v) is 7.13. The van der Waals surface area contributed by atoms with E-state index in [4.69, 9.17) is 16.3 Å². The highest BCUT2D eigenvalue weighted by molar-refractivity contribution is 9.11. The van der Waals surface area contributed by atoms with Gasteiger partial charge in [-0.2, -0.15) is 0 Å². The normalized spacial score (nSPS) is 10.8. The summed E-state index contributed by atoms with van der Waals surface area (Å²) in [5, 5.41) is 11.2. The number of nitro groups is 1. The Morgan fingerprint density at radius 1 is 1.28 bits per heavy atom. The Labute approximate surface area is 162 Å². The molecule has 0 aliphatic heterocycles. The molecule has 0 bridgehead atoms. The molecular weight excluding hydrogens is 481 g/mol. The van der Waals surface area contributed by atoms with Crippen molar-refractivity contribution < 1.29 is 9.66 Å². The summed E-state index contributed by atoms with van der Waals surface area (Å²) in [6.45, 7) is -0.0504. The fraction of sp³-hybridized carbons (Fsp3) is 0.0667. The van der Waals surface area contributed by atoms with Gasteiger partial charge in [0.05, 0.1) is 20.8 Å². The van der Waals surface area contributed by atoms with E-state index in [1.165, 1.54) is 18.2 Å². The number of H-pyrrole nitrogens is 1. The predicted molar refractivity (Wildman–Crippen MR) is 100 cm³/mol. The molecule has 10 heteroatoms. The first kappa shape index (κ1) is 17.8. The lowest BCUT2D eigenvalue weighted by Gasteiger charge is -2.08. The van der Waals surface area contributed by atoms with Crippen molar-refractivity contribution in [2.45, 2.75) is 6.61 Å². The van der Waals surface area contributed by atoms with Crippen LogP contribution >= 0.6 is 43.5 Å². The Balaban J connectivity index is 1.89. The largest absolute Gasteiger partial charge is 0.484 e. The third-order valence-electron chi connectivity index (χ3n) is 3.27. The number of hydrogen-bond donors (Lipinski definition) is 1. The fourth-order valence-corrected chi connectivity index (χ4v) is 3.69. The zero-order valence-corrected chi connectivity index (χ0v) is 16.2. The summed E-state index contributed by atoms with van der Waals surface area (Å²) in [7, 11) is 0. The number of rotatable bonds is 4. The van der Waals surface area contributed by atoms with Gasteiger partial charge in [-0.15, -0.1) is 0 Å². The van der Waals surface area contributed by atoms with E-state index in [0.717, 1.165) is 4.47 Å². The van der Waals surface area contributed by atoms with Crippen LogP contribution in [-0.2, 0) is 6.61 Å². The molecule has 0 atom stereocenters. The maximum absolute atomic E-state index is 12.2. The Bertz CT molecular complexity index is 1050. The van der Waals surface area contributed by atoms with E-state index in [0.29, 0.717) is 21.2 Å². The molecule has 3 rings (SSSR count). The molecule has 1 heterocycles. The number of fused-ring (bicyclic) bond motifs is 1. The van der Waals surface area contributed by atoms with E-state index in [2.05, 4.69) is 41.8 Å². The van der Waals surface area contributed by atoms with Gasteiger partial charge in [-0.25, -0.2) is 4.98 Å². The number of nitrogens with zero attached hydrogens (tertiary/aromatic N) is 2. The number of non-ortho nitro benzene ring substituents is 1. The standard InChI is InChI=1S/C15H8Br2ClN3O4/c16-7-3-9-14(10(17)4-7)19-13(20-15(9)22)6-25-12-2-1-8(21(23)24)5-11(12)18/h1-5H,6H2,(H,19,20,22). The first-order valence-corrected chi connectivity index (χ1v) is 8.76. The number of ether oxygens (including phenoxy) is 1. The van der Waals surface area contributed by atoms with Crippen molar-refractivity contribution in [1.82, 2.24) is 9.97 Å². The molecule has 25 heavy (non-hydrogen) atoms. The highest BCUT2D eigenvalue weighted by atomic mass is 79.9. The molecule has 0 fully saturated rings. The van der Waals surface area contributed by atoms with E-state index in [9.17, 15) is 14.9 Å². The maximum Gasteiger partial charge on any atom is 0.271 e. The van der Waals surface area contributed by atoms with E-state index in [1.807, 2.05) is 0 Å². The summed E-state index contributed by atoms with van der Waals surface area (Å²) >= 11 is 12.7. The van der Waals surface area contributed by atoms with E-state index >= 15 is 0 Å². The zero-order valence-electron chi connectivity index (χ0n) is 12.3. The minimum absolute atomic E-state index is 0.0504. The lowest BCUT2D eigenvalue weighted by atomic mass is 10.2. The van der Waals surface area contributed by atoms with Crippen LogP contribution < -0.4 is 10.3 Å². The van der Waals surface area contributed by atoms with Crippen molar-refractivity contribution in [3.63, 3.8) is 0 Å². The summed E-state index contributed by atoms with van der Waals surface area (Å²) in [6.07, 6.45) is 0. The second-order valence-electron chi connectivity index (χ2n) is 4.96. The van der Waals surface area contributed by atoms with Gasteiger partial charge in [0.15, 0.2) is 0 Å². The van der Waals surface area contributed by atoms with Gasteiger partial charge in [-0.1, -0.05) is 27.5 Å². The van der Waals surface area contributed by atoms with E-state index < -0.39 is 4.92 Å². The van der Waals surface area contributed by atoms with Crippen molar-refractivity contribution in [3.8, 4) is 5.75 Å². The molecule has 0 amide bonds. The number of nitrogens with one attached hydrogen (secondary N) is 1. The highest BCUT2D eigenvalue weighted by Crippen LogP contribution is 2.29. The molecule has 0 radical (unpaired) electrons. The van der Waals surface area contributed by atoms with Crippen LogP contribution in [0.5, 0.6) is 5.75 Å². The van der Waals surface area contributed by atoms with Gasteiger partial charge in [-0.3, -0.25) is 14.9 Å². The molecule has 0 unspecified atom stereocenters. The molecule has 3 aromatic rings. The highest BCUT2D eigenvalue weighted by Gasteiger charge is 2.12. The molecule has 0 spiro atoms. The Kier molecular flexibility index (Phi) is 5.07. The van der Waals surface area contributed by atoms with Crippen LogP contribution in [-0.4, -0.2) is 14.9 Å². The van der Waals surface area contributed by atoms with Crippen LogP contribution in [0, 0.1) is 10.1 Å². The van der Waals surface area contributed by atoms with Crippen LogP contribution in [0.25, 0.3) is 10.9 Å². The van der Waals surface area contributed by atoms with Gasteiger partial charge < -0.3 is 9.72 Å². The van der Waals surface area contributed by atoms with Crippen molar-refractivity contribution in [2.75, 3.05) is 0 Å². The Hall–Kier alpha value is -1.97. The molecule has 2 aromatic carbocycles. The SMILES string of the molecule is O=c1[nH]c(COc2ccc([N+](=O)[O-])cc2Cl)nc2c(Br)cc(Br)cc12. The van der Waals surface area contributed by atoms with Gasteiger partial charge in [0.25, 0.3) is 11.2 Å². The summed E-state index contributed by atoms with van der Waals surface area (Å²) < 4.78 is 6.93. The number of aromatic amines is 1. The quantitative estimate of drug-likeness (QED) is 0.427. The number of nitro benzene ring substituents is 1. The molecule has 1 N–H and O–H groups in total. The molecule has 0 saturated heterocycles. The molecule has 0 saturated carbocycles. The second kappa shape index (κ2) is 7.11. The van der Waals surface area contributed by atoms with Crippen LogP contribution in [0.3, 0.4) is 0 Å². The monoisotopic (exact) mass is 487 g/mol. The van der Waals surface area contributed by atoms with E-state index in [-0.39, 0.29) is 28.6 Å². The lowest BCUT2D eigenvalue weighted by molar-refractivity contribution is -0.384. The van der Waals surface area contributed by atoms with Crippen LogP contribution in [0.1, 0.15) is 5.82 Å².